The van der Waals surface area contributed by atoms with Gasteiger partial charge in [-0.25, -0.2) is 4.98 Å². The van der Waals surface area contributed by atoms with Gasteiger partial charge in [0.05, 0.1) is 12.7 Å². The number of aryl methyl sites for hydroxylation is 2. The van der Waals surface area contributed by atoms with E-state index in [0.717, 1.165) is 40.2 Å². The molecule has 0 aliphatic heterocycles. The van der Waals surface area contributed by atoms with Gasteiger partial charge >= 0.3 is 0 Å². The molecule has 3 rings (SSSR count). The van der Waals surface area contributed by atoms with Crippen LogP contribution in [0.25, 0.3) is 0 Å². The van der Waals surface area contributed by atoms with E-state index in [-0.39, 0.29) is 11.8 Å². The Morgan fingerprint density at radius 1 is 1.33 bits per heavy atom. The van der Waals surface area contributed by atoms with Crippen LogP contribution >= 0.6 is 11.3 Å². The summed E-state index contributed by atoms with van der Waals surface area (Å²) in [5.41, 5.74) is 3.96. The first-order chi connectivity index (χ1) is 12.8. The van der Waals surface area contributed by atoms with Crippen molar-refractivity contribution >= 4 is 34.0 Å². The van der Waals surface area contributed by atoms with Gasteiger partial charge in [-0.15, -0.1) is 11.3 Å². The van der Waals surface area contributed by atoms with Gasteiger partial charge in [-0.05, 0) is 38.3 Å². The third kappa shape index (κ3) is 5.14. The molecule has 0 spiro atoms. The van der Waals surface area contributed by atoms with Gasteiger partial charge in [0.25, 0.3) is 5.91 Å². The van der Waals surface area contributed by atoms with Gasteiger partial charge in [-0.2, -0.15) is 0 Å². The predicted octanol–water partition coefficient (Wildman–Crippen LogP) is 1.74. The number of quaternary nitrogens is 1. The van der Waals surface area contributed by atoms with E-state index in [1.54, 1.807) is 11.8 Å². The molecule has 2 N–H and O–H groups in total. The fourth-order valence-corrected chi connectivity index (χ4v) is 3.98. The molecule has 1 saturated carbocycles. The van der Waals surface area contributed by atoms with Crippen LogP contribution in [0.4, 0.5) is 10.8 Å². The number of carbonyl (C=O) groups excluding carboxylic acids is 2. The van der Waals surface area contributed by atoms with E-state index < -0.39 is 0 Å². The highest BCUT2D eigenvalue weighted by atomic mass is 32.1. The number of rotatable bonds is 7. The molecule has 2 amide bonds. The molecule has 1 aliphatic carbocycles. The lowest BCUT2D eigenvalue weighted by atomic mass is 10.1. The Morgan fingerprint density at radius 3 is 2.70 bits per heavy atom. The minimum Gasteiger partial charge on any atom is -0.348 e. The maximum atomic E-state index is 12.3. The zero-order valence-corrected chi connectivity index (χ0v) is 17.2. The van der Waals surface area contributed by atoms with Crippen molar-refractivity contribution in [3.63, 3.8) is 0 Å². The van der Waals surface area contributed by atoms with Crippen molar-refractivity contribution in [2.75, 3.05) is 18.5 Å². The van der Waals surface area contributed by atoms with Crippen LogP contribution in [-0.4, -0.2) is 36.4 Å². The van der Waals surface area contributed by atoms with E-state index in [0.29, 0.717) is 24.3 Å². The summed E-state index contributed by atoms with van der Waals surface area (Å²) in [6, 6.07) is 6.42. The number of nitrogens with zero attached hydrogens (tertiary/aromatic N) is 2. The van der Waals surface area contributed by atoms with Crippen LogP contribution in [-0.2, 0) is 16.1 Å². The van der Waals surface area contributed by atoms with Crippen LogP contribution in [0.3, 0.4) is 0 Å². The molecule has 1 heterocycles. The topological polar surface area (TPSA) is 66.7 Å². The Balaban J connectivity index is 1.70. The normalized spacial score (nSPS) is 14.7. The van der Waals surface area contributed by atoms with Crippen molar-refractivity contribution in [1.82, 2.24) is 10.3 Å². The number of benzene rings is 1. The van der Waals surface area contributed by atoms with Crippen molar-refractivity contribution < 1.29 is 14.5 Å². The first kappa shape index (κ1) is 19.5. The van der Waals surface area contributed by atoms with Crippen LogP contribution in [0.2, 0.25) is 0 Å². The Bertz CT molecular complexity index is 844. The van der Waals surface area contributed by atoms with Gasteiger partial charge in [0.2, 0.25) is 5.91 Å². The molecule has 0 radical (unpaired) electrons. The number of thiazole rings is 1. The summed E-state index contributed by atoms with van der Waals surface area (Å²) < 4.78 is 0. The number of anilines is 2. The summed E-state index contributed by atoms with van der Waals surface area (Å²) in [7, 11) is 1.98. The standard InChI is InChI=1S/C20H26N4O2S/c1-13-5-8-18(14(2)9-13)24(15(3)25)20-22-17(12-27-20)10-23(4)11-19(26)21-16-6-7-16/h5,8-9,12,16H,6-7,10-11H2,1-4H3,(H,21,26)/p+1. The third-order valence-electron chi connectivity index (χ3n) is 4.53. The second-order valence-corrected chi connectivity index (χ2v) is 8.25. The number of carbonyl (C=O) groups is 2. The number of nitrogens with one attached hydrogen (secondary N) is 2. The quantitative estimate of drug-likeness (QED) is 0.761. The van der Waals surface area contributed by atoms with Crippen LogP contribution in [0.5, 0.6) is 0 Å². The number of amides is 2. The van der Waals surface area contributed by atoms with Gasteiger partial charge in [-0.1, -0.05) is 17.7 Å². The van der Waals surface area contributed by atoms with E-state index in [1.165, 1.54) is 11.3 Å². The molecule has 1 aromatic heterocycles. The smallest absolute Gasteiger partial charge is 0.275 e. The number of hydrogen-bond acceptors (Lipinski definition) is 4. The average molecular weight is 388 g/mol. The van der Waals surface area contributed by atoms with Crippen molar-refractivity contribution in [3.8, 4) is 0 Å². The van der Waals surface area contributed by atoms with Crippen molar-refractivity contribution in [2.45, 2.75) is 46.2 Å². The van der Waals surface area contributed by atoms with E-state index in [1.807, 2.05) is 38.4 Å². The fourth-order valence-electron chi connectivity index (χ4n) is 3.10. The lowest BCUT2D eigenvalue weighted by Crippen LogP contribution is -3.09. The minimum atomic E-state index is -0.0626. The van der Waals surface area contributed by atoms with E-state index in [4.69, 9.17) is 0 Å². The minimum absolute atomic E-state index is 0.0626. The van der Waals surface area contributed by atoms with Crippen molar-refractivity contribution in [3.05, 3.63) is 40.4 Å². The van der Waals surface area contributed by atoms with Gasteiger partial charge in [0, 0.05) is 18.3 Å². The molecular formula is C20H27N4O2S+. The van der Waals surface area contributed by atoms with Gasteiger partial charge in [-0.3, -0.25) is 14.5 Å². The van der Waals surface area contributed by atoms with Gasteiger partial charge in [0.15, 0.2) is 11.7 Å². The summed E-state index contributed by atoms with van der Waals surface area (Å²) in [4.78, 5) is 31.6. The fraction of sp³-hybridized carbons (Fsp3) is 0.450. The Morgan fingerprint density at radius 2 is 2.07 bits per heavy atom. The number of hydrogen-bond donors (Lipinski definition) is 2. The molecule has 1 aromatic carbocycles. The Kier molecular flexibility index (Phi) is 5.92. The van der Waals surface area contributed by atoms with E-state index in [2.05, 4.69) is 16.4 Å². The maximum Gasteiger partial charge on any atom is 0.275 e. The molecule has 7 heteroatoms. The van der Waals surface area contributed by atoms with Crippen LogP contribution < -0.4 is 15.1 Å². The molecule has 27 heavy (non-hydrogen) atoms. The maximum absolute atomic E-state index is 12.3. The highest BCUT2D eigenvalue weighted by molar-refractivity contribution is 7.14. The van der Waals surface area contributed by atoms with Gasteiger partial charge in [0.1, 0.15) is 12.2 Å². The molecule has 1 aliphatic rings. The number of aromatic nitrogens is 1. The SMILES string of the molecule is CC(=O)N(c1nc(C[NH+](C)CC(=O)NC2CC2)cs1)c1ccc(C)cc1C. The molecule has 1 unspecified atom stereocenters. The number of likely N-dealkylation sites (N-methyl/N-ethyl adjacent to an activating group) is 1. The summed E-state index contributed by atoms with van der Waals surface area (Å²) in [5, 5.41) is 5.65. The second kappa shape index (κ2) is 8.19. The lowest BCUT2D eigenvalue weighted by molar-refractivity contribution is -0.885. The van der Waals surface area contributed by atoms with Crippen molar-refractivity contribution in [1.29, 1.82) is 0 Å². The molecule has 2 aromatic rings. The Labute approximate surface area is 164 Å². The molecule has 0 saturated heterocycles. The first-order valence-corrected chi connectivity index (χ1v) is 10.1. The van der Waals surface area contributed by atoms with Crippen LogP contribution in [0.1, 0.15) is 36.6 Å². The zero-order chi connectivity index (χ0) is 19.6. The monoisotopic (exact) mass is 387 g/mol. The van der Waals surface area contributed by atoms with Crippen molar-refractivity contribution in [2.24, 2.45) is 0 Å². The highest BCUT2D eigenvalue weighted by Gasteiger charge is 2.25. The predicted molar refractivity (Wildman–Crippen MR) is 107 cm³/mol. The summed E-state index contributed by atoms with van der Waals surface area (Å²) in [6.07, 6.45) is 2.19. The molecule has 1 atom stereocenters. The zero-order valence-electron chi connectivity index (χ0n) is 16.3. The lowest BCUT2D eigenvalue weighted by Gasteiger charge is -2.20. The van der Waals surface area contributed by atoms with Crippen LogP contribution in [0, 0.1) is 13.8 Å². The molecule has 144 valence electrons. The summed E-state index contributed by atoms with van der Waals surface area (Å²) in [6.45, 7) is 6.67. The Hall–Kier alpha value is -2.25. The second-order valence-electron chi connectivity index (χ2n) is 7.42. The molecule has 1 fully saturated rings. The highest BCUT2D eigenvalue weighted by Crippen LogP contribution is 2.31. The van der Waals surface area contributed by atoms with Gasteiger partial charge < -0.3 is 10.2 Å². The molecule has 6 nitrogen and oxygen atoms in total. The molecule has 0 bridgehead atoms. The average Bonchev–Trinajstić information content (AvgIpc) is 3.26. The van der Waals surface area contributed by atoms with E-state index in [9.17, 15) is 9.59 Å². The van der Waals surface area contributed by atoms with Crippen LogP contribution in [0.15, 0.2) is 23.6 Å². The molecular weight excluding hydrogens is 360 g/mol. The first-order valence-electron chi connectivity index (χ1n) is 9.26. The summed E-state index contributed by atoms with van der Waals surface area (Å²) >= 11 is 1.46. The summed E-state index contributed by atoms with van der Waals surface area (Å²) in [5.74, 6) is 0.0264. The third-order valence-corrected chi connectivity index (χ3v) is 5.40. The van der Waals surface area contributed by atoms with E-state index >= 15 is 0 Å². The largest absolute Gasteiger partial charge is 0.348 e.